The van der Waals surface area contributed by atoms with E-state index in [1.807, 2.05) is 42.1 Å². The van der Waals surface area contributed by atoms with Crippen LogP contribution in [0.1, 0.15) is 32.1 Å². The number of thioether (sulfide) groups is 1. The maximum atomic E-state index is 11.2. The van der Waals surface area contributed by atoms with Crippen molar-refractivity contribution in [2.75, 3.05) is 0 Å². The average Bonchev–Trinajstić information content (AvgIpc) is 3.06. The van der Waals surface area contributed by atoms with E-state index >= 15 is 0 Å². The molecule has 0 bridgehead atoms. The second-order valence-corrected chi connectivity index (χ2v) is 7.76. The quantitative estimate of drug-likeness (QED) is 0.492. The summed E-state index contributed by atoms with van der Waals surface area (Å²) in [6.07, 6.45) is 6.27. The zero-order valence-electron chi connectivity index (χ0n) is 13.8. The van der Waals surface area contributed by atoms with Gasteiger partial charge in [-0.2, -0.15) is 0 Å². The molecule has 1 aliphatic rings. The molecule has 0 spiro atoms. The highest BCUT2D eigenvalue weighted by atomic mass is 32.2. The summed E-state index contributed by atoms with van der Waals surface area (Å²) in [5, 5.41) is 11.8. The highest BCUT2D eigenvalue weighted by Gasteiger charge is 2.20. The second kappa shape index (κ2) is 6.88. The van der Waals surface area contributed by atoms with Gasteiger partial charge in [0, 0.05) is 27.8 Å². The van der Waals surface area contributed by atoms with Gasteiger partial charge >= 0.3 is 0 Å². The summed E-state index contributed by atoms with van der Waals surface area (Å²) in [5.74, 6) is 0.697. The number of imidazole rings is 1. The minimum absolute atomic E-state index is 0.100. The lowest BCUT2D eigenvalue weighted by Crippen LogP contribution is -2.08. The molecule has 1 saturated carbocycles. The third kappa shape index (κ3) is 3.39. The Bertz CT molecular complexity index is 883. The fourth-order valence-electron chi connectivity index (χ4n) is 3.36. The maximum absolute atomic E-state index is 11.2. The predicted octanol–water partition coefficient (Wildman–Crippen LogP) is 5.56. The van der Waals surface area contributed by atoms with Gasteiger partial charge in [-0.1, -0.05) is 31.4 Å². The molecule has 0 saturated heterocycles. The van der Waals surface area contributed by atoms with Crippen LogP contribution in [-0.2, 0) is 0 Å². The van der Waals surface area contributed by atoms with Gasteiger partial charge in [0.1, 0.15) is 5.82 Å². The molecule has 1 heterocycles. The van der Waals surface area contributed by atoms with E-state index in [9.17, 15) is 10.1 Å². The number of H-pyrrole nitrogens is 1. The minimum Gasteiger partial charge on any atom is -0.338 e. The van der Waals surface area contributed by atoms with E-state index in [1.54, 1.807) is 12.1 Å². The van der Waals surface area contributed by atoms with E-state index in [2.05, 4.69) is 9.97 Å². The third-order valence-electron chi connectivity index (χ3n) is 4.66. The van der Waals surface area contributed by atoms with Crippen molar-refractivity contribution in [2.45, 2.75) is 42.2 Å². The topological polar surface area (TPSA) is 71.8 Å². The zero-order chi connectivity index (χ0) is 17.2. The van der Waals surface area contributed by atoms with Crippen molar-refractivity contribution in [2.24, 2.45) is 0 Å². The van der Waals surface area contributed by atoms with Crippen molar-refractivity contribution in [1.29, 1.82) is 0 Å². The molecule has 4 rings (SSSR count). The van der Waals surface area contributed by atoms with Crippen LogP contribution in [0.5, 0.6) is 0 Å². The van der Waals surface area contributed by atoms with Crippen molar-refractivity contribution >= 4 is 28.5 Å². The molecule has 0 unspecified atom stereocenters. The van der Waals surface area contributed by atoms with Crippen LogP contribution >= 0.6 is 11.8 Å². The average molecular weight is 353 g/mol. The molecule has 1 aromatic heterocycles. The first kappa shape index (κ1) is 16.1. The SMILES string of the molecule is O=[N+]([O-])c1ccc(SC2CCCCC2)c(-c2nc3ccccc3[nH]2)c1. The number of nitrogens with one attached hydrogen (secondary N) is 1. The van der Waals surface area contributed by atoms with Crippen molar-refractivity contribution in [1.82, 2.24) is 9.97 Å². The molecule has 1 fully saturated rings. The van der Waals surface area contributed by atoms with Gasteiger partial charge in [0.05, 0.1) is 16.0 Å². The zero-order valence-corrected chi connectivity index (χ0v) is 14.6. The van der Waals surface area contributed by atoms with Gasteiger partial charge in [-0.15, -0.1) is 11.8 Å². The molecule has 1 aliphatic carbocycles. The molecule has 25 heavy (non-hydrogen) atoms. The molecule has 1 N–H and O–H groups in total. The summed E-state index contributed by atoms with van der Waals surface area (Å²) in [5.41, 5.74) is 2.74. The summed E-state index contributed by atoms with van der Waals surface area (Å²) < 4.78 is 0. The lowest BCUT2D eigenvalue weighted by molar-refractivity contribution is -0.384. The van der Waals surface area contributed by atoms with Gasteiger partial charge in [-0.3, -0.25) is 10.1 Å². The van der Waals surface area contributed by atoms with Crippen LogP contribution in [0.4, 0.5) is 5.69 Å². The van der Waals surface area contributed by atoms with Crippen molar-refractivity contribution < 1.29 is 4.92 Å². The fraction of sp³-hybridized carbons (Fsp3) is 0.316. The second-order valence-electron chi connectivity index (χ2n) is 6.42. The molecule has 0 amide bonds. The first-order valence-corrected chi connectivity index (χ1v) is 9.49. The molecule has 5 nitrogen and oxygen atoms in total. The highest BCUT2D eigenvalue weighted by Crippen LogP contribution is 2.40. The highest BCUT2D eigenvalue weighted by molar-refractivity contribution is 8.00. The molecular weight excluding hydrogens is 334 g/mol. The largest absolute Gasteiger partial charge is 0.338 e. The van der Waals surface area contributed by atoms with Crippen molar-refractivity contribution in [3.8, 4) is 11.4 Å². The number of nitro groups is 1. The van der Waals surface area contributed by atoms with Crippen LogP contribution in [0.3, 0.4) is 0 Å². The molecule has 0 radical (unpaired) electrons. The number of nitro benzene ring substituents is 1. The summed E-state index contributed by atoms with van der Waals surface area (Å²) >= 11 is 1.83. The van der Waals surface area contributed by atoms with E-state index < -0.39 is 0 Å². The van der Waals surface area contributed by atoms with E-state index in [-0.39, 0.29) is 10.6 Å². The molecule has 0 atom stereocenters. The van der Waals surface area contributed by atoms with Gasteiger partial charge in [-0.05, 0) is 31.0 Å². The van der Waals surface area contributed by atoms with Crippen LogP contribution < -0.4 is 0 Å². The first-order valence-electron chi connectivity index (χ1n) is 8.61. The first-order chi connectivity index (χ1) is 12.2. The summed E-state index contributed by atoms with van der Waals surface area (Å²) in [4.78, 5) is 19.9. The van der Waals surface area contributed by atoms with Gasteiger partial charge in [0.25, 0.3) is 5.69 Å². The fourth-order valence-corrected chi connectivity index (χ4v) is 4.72. The molecular formula is C19H19N3O2S. The Balaban J connectivity index is 1.76. The number of nitrogens with zero attached hydrogens (tertiary/aromatic N) is 2. The van der Waals surface area contributed by atoms with Crippen LogP contribution in [0, 0.1) is 10.1 Å². The predicted molar refractivity (Wildman–Crippen MR) is 101 cm³/mol. The number of fused-ring (bicyclic) bond motifs is 1. The molecule has 0 aliphatic heterocycles. The number of aromatic nitrogens is 2. The Morgan fingerprint density at radius 1 is 1.12 bits per heavy atom. The summed E-state index contributed by atoms with van der Waals surface area (Å²) in [6.45, 7) is 0. The number of benzene rings is 2. The molecule has 2 aromatic carbocycles. The molecule has 6 heteroatoms. The van der Waals surface area contributed by atoms with Crippen LogP contribution in [0.2, 0.25) is 0 Å². The number of hydrogen-bond acceptors (Lipinski definition) is 4. The Labute approximate surface area is 150 Å². The van der Waals surface area contributed by atoms with E-state index in [0.717, 1.165) is 21.5 Å². The Morgan fingerprint density at radius 3 is 2.68 bits per heavy atom. The van der Waals surface area contributed by atoms with E-state index in [4.69, 9.17) is 0 Å². The number of para-hydroxylation sites is 2. The Kier molecular flexibility index (Phi) is 4.44. The van der Waals surface area contributed by atoms with Gasteiger partial charge in [-0.25, -0.2) is 4.98 Å². The number of aromatic amines is 1. The number of hydrogen-bond donors (Lipinski definition) is 1. The monoisotopic (exact) mass is 353 g/mol. The lowest BCUT2D eigenvalue weighted by Gasteiger charge is -2.21. The normalized spacial score (nSPS) is 15.5. The van der Waals surface area contributed by atoms with Crippen LogP contribution in [0.25, 0.3) is 22.4 Å². The minimum atomic E-state index is -0.346. The standard InChI is InChI=1S/C19H19N3O2S/c23-22(24)13-10-11-18(25-14-6-2-1-3-7-14)15(12-13)19-20-16-8-4-5-9-17(16)21-19/h4-5,8-12,14H,1-3,6-7H2,(H,20,21). The Morgan fingerprint density at radius 2 is 1.92 bits per heavy atom. The summed E-state index contributed by atoms with van der Waals surface area (Å²) in [7, 11) is 0. The number of non-ortho nitro benzene ring substituents is 1. The lowest BCUT2D eigenvalue weighted by atomic mass is 10.0. The van der Waals surface area contributed by atoms with Crippen LogP contribution in [0.15, 0.2) is 47.4 Å². The number of rotatable bonds is 4. The van der Waals surface area contributed by atoms with E-state index in [0.29, 0.717) is 11.1 Å². The van der Waals surface area contributed by atoms with Gasteiger partial charge in [0.2, 0.25) is 0 Å². The molecule has 128 valence electrons. The van der Waals surface area contributed by atoms with Gasteiger partial charge in [0.15, 0.2) is 0 Å². The van der Waals surface area contributed by atoms with Crippen LogP contribution in [-0.4, -0.2) is 20.1 Å². The molecule has 3 aromatic rings. The van der Waals surface area contributed by atoms with Crippen molar-refractivity contribution in [3.63, 3.8) is 0 Å². The maximum Gasteiger partial charge on any atom is 0.270 e. The smallest absolute Gasteiger partial charge is 0.270 e. The van der Waals surface area contributed by atoms with E-state index in [1.165, 1.54) is 32.1 Å². The summed E-state index contributed by atoms with van der Waals surface area (Å²) in [6, 6.07) is 12.9. The van der Waals surface area contributed by atoms with Crippen molar-refractivity contribution in [3.05, 3.63) is 52.6 Å². The Hall–Kier alpha value is -2.34. The van der Waals surface area contributed by atoms with Gasteiger partial charge < -0.3 is 4.98 Å². The third-order valence-corrected chi connectivity index (χ3v) is 6.08.